The molecule has 1 aromatic rings. The van der Waals surface area contributed by atoms with Crippen LogP contribution in [0, 0.1) is 0 Å². The number of halogens is 1. The van der Waals surface area contributed by atoms with Gasteiger partial charge in [0.25, 0.3) is 0 Å². The van der Waals surface area contributed by atoms with Gasteiger partial charge in [0.05, 0.1) is 6.34 Å². The van der Waals surface area contributed by atoms with Gasteiger partial charge in [0.1, 0.15) is 0 Å². The molecule has 0 atom stereocenters. The molecule has 0 saturated carbocycles. The highest BCUT2D eigenvalue weighted by Gasteiger charge is 2.14. The van der Waals surface area contributed by atoms with Gasteiger partial charge in [-0.2, -0.15) is 0 Å². The highest BCUT2D eigenvalue weighted by molar-refractivity contribution is 6.30. The minimum Gasteiger partial charge on any atom is -0.323 e. The molecule has 0 aromatic heterocycles. The van der Waals surface area contributed by atoms with E-state index in [9.17, 15) is 4.79 Å². The fraction of sp³-hybridized carbons (Fsp3) is 0.286. The monoisotopic (exact) mass is 279 g/mol. The lowest BCUT2D eigenvalue weighted by atomic mass is 10.2. The molecule has 0 radical (unpaired) electrons. The van der Waals surface area contributed by atoms with E-state index in [2.05, 4.69) is 4.99 Å². The average molecular weight is 280 g/mol. The van der Waals surface area contributed by atoms with Crippen molar-refractivity contribution < 1.29 is 4.79 Å². The fourth-order valence-corrected chi connectivity index (χ4v) is 1.69. The van der Waals surface area contributed by atoms with Crippen molar-refractivity contribution in [1.82, 2.24) is 9.80 Å². The summed E-state index contributed by atoms with van der Waals surface area (Å²) < 4.78 is 0. The highest BCUT2D eigenvalue weighted by atomic mass is 35.5. The summed E-state index contributed by atoms with van der Waals surface area (Å²) in [5, 5.41) is 0.686. The zero-order valence-electron chi connectivity index (χ0n) is 11.4. The van der Waals surface area contributed by atoms with Gasteiger partial charge in [-0.1, -0.05) is 29.8 Å². The molecule has 0 unspecified atom stereocenters. The summed E-state index contributed by atoms with van der Waals surface area (Å²) in [6.45, 7) is 2.37. The molecule has 0 aliphatic carbocycles. The number of allylic oxidation sites excluding steroid dienone is 1. The standard InChI is InChI=1S/C14H18ClN3O/c1-4-9-18(11-16-2)14(19)17(3)10-12-5-7-13(15)8-6-12/h4-9,11H,10H2,1-3H3/b9-4-,16-11?. The Morgan fingerprint density at radius 1 is 1.37 bits per heavy atom. The Morgan fingerprint density at radius 2 is 2.00 bits per heavy atom. The first-order valence-corrected chi connectivity index (χ1v) is 6.29. The highest BCUT2D eigenvalue weighted by Crippen LogP contribution is 2.11. The molecule has 0 spiro atoms. The molecule has 4 nitrogen and oxygen atoms in total. The smallest absolute Gasteiger partial charge is 0.323 e. The Morgan fingerprint density at radius 3 is 2.53 bits per heavy atom. The zero-order chi connectivity index (χ0) is 14.3. The van der Waals surface area contributed by atoms with E-state index in [1.54, 1.807) is 31.3 Å². The minimum absolute atomic E-state index is 0.140. The van der Waals surface area contributed by atoms with E-state index in [1.165, 1.54) is 11.2 Å². The van der Waals surface area contributed by atoms with Crippen molar-refractivity contribution in [2.24, 2.45) is 4.99 Å². The van der Waals surface area contributed by atoms with Crippen LogP contribution in [0.5, 0.6) is 0 Å². The molecule has 0 fully saturated rings. The summed E-state index contributed by atoms with van der Waals surface area (Å²) in [4.78, 5) is 19.1. The summed E-state index contributed by atoms with van der Waals surface area (Å²) in [6, 6.07) is 7.29. The predicted octanol–water partition coefficient (Wildman–Crippen LogP) is 3.39. The molecular formula is C14H18ClN3O. The fourth-order valence-electron chi connectivity index (χ4n) is 1.57. The predicted molar refractivity (Wildman–Crippen MR) is 79.4 cm³/mol. The molecule has 102 valence electrons. The first-order valence-electron chi connectivity index (χ1n) is 5.91. The van der Waals surface area contributed by atoms with E-state index >= 15 is 0 Å². The van der Waals surface area contributed by atoms with E-state index in [1.807, 2.05) is 31.2 Å². The van der Waals surface area contributed by atoms with Gasteiger partial charge in [-0.05, 0) is 24.6 Å². The maximum atomic E-state index is 12.2. The Labute approximate surface area is 119 Å². The van der Waals surface area contributed by atoms with Gasteiger partial charge in [0, 0.05) is 31.9 Å². The Hall–Kier alpha value is -1.81. The molecule has 5 heteroatoms. The molecule has 0 heterocycles. The number of carbonyl (C=O) groups is 1. The van der Waals surface area contributed by atoms with E-state index in [4.69, 9.17) is 11.6 Å². The van der Waals surface area contributed by atoms with E-state index in [-0.39, 0.29) is 6.03 Å². The second kappa shape index (κ2) is 7.59. The van der Waals surface area contributed by atoms with Crippen LogP contribution in [0.15, 0.2) is 41.5 Å². The number of nitrogens with zero attached hydrogens (tertiary/aromatic N) is 3. The van der Waals surface area contributed by atoms with Crippen LogP contribution in [0.25, 0.3) is 0 Å². The van der Waals surface area contributed by atoms with Crippen LogP contribution in [0.2, 0.25) is 5.02 Å². The van der Waals surface area contributed by atoms with Crippen LogP contribution in [0.1, 0.15) is 12.5 Å². The van der Waals surface area contributed by atoms with Crippen molar-refractivity contribution in [2.45, 2.75) is 13.5 Å². The largest absolute Gasteiger partial charge is 0.329 e. The Kier molecular flexibility index (Phi) is 6.09. The first kappa shape index (κ1) is 15.2. The third-order valence-electron chi connectivity index (χ3n) is 2.43. The number of aliphatic imine (C=N–C) groups is 1. The van der Waals surface area contributed by atoms with Gasteiger partial charge in [-0.3, -0.25) is 9.89 Å². The van der Waals surface area contributed by atoms with Crippen LogP contribution >= 0.6 is 11.6 Å². The second-order valence-corrected chi connectivity index (χ2v) is 4.46. The number of hydrogen-bond donors (Lipinski definition) is 0. The first-order chi connectivity index (χ1) is 9.08. The molecule has 0 bridgehead atoms. The normalized spacial score (nSPS) is 11.2. The lowest BCUT2D eigenvalue weighted by molar-refractivity contribution is 0.194. The van der Waals surface area contributed by atoms with Gasteiger partial charge in [-0.15, -0.1) is 0 Å². The molecule has 0 N–H and O–H groups in total. The van der Waals surface area contributed by atoms with Crippen LogP contribution in [0.4, 0.5) is 4.79 Å². The molecule has 19 heavy (non-hydrogen) atoms. The summed E-state index contributed by atoms with van der Waals surface area (Å²) in [6.07, 6.45) is 4.95. The van der Waals surface area contributed by atoms with E-state index < -0.39 is 0 Å². The average Bonchev–Trinajstić information content (AvgIpc) is 2.40. The van der Waals surface area contributed by atoms with Crippen molar-refractivity contribution >= 4 is 24.0 Å². The van der Waals surface area contributed by atoms with Crippen molar-refractivity contribution in [3.63, 3.8) is 0 Å². The van der Waals surface area contributed by atoms with Gasteiger partial charge < -0.3 is 4.90 Å². The van der Waals surface area contributed by atoms with Crippen LogP contribution in [0.3, 0.4) is 0 Å². The number of rotatable bonds is 4. The van der Waals surface area contributed by atoms with Gasteiger partial charge in [0.15, 0.2) is 0 Å². The van der Waals surface area contributed by atoms with Crippen LogP contribution in [-0.4, -0.2) is 36.3 Å². The topological polar surface area (TPSA) is 35.9 Å². The summed E-state index contributed by atoms with van der Waals surface area (Å²) in [5.41, 5.74) is 1.02. The van der Waals surface area contributed by atoms with Gasteiger partial charge in [0.2, 0.25) is 0 Å². The van der Waals surface area contributed by atoms with E-state index in [0.717, 1.165) is 5.56 Å². The maximum absolute atomic E-state index is 12.2. The summed E-state index contributed by atoms with van der Waals surface area (Å²) >= 11 is 5.83. The molecule has 1 aromatic carbocycles. The lowest BCUT2D eigenvalue weighted by Gasteiger charge is -2.22. The SMILES string of the molecule is C/C=C\N(C=NC)C(=O)N(C)Cc1ccc(Cl)cc1. The molecule has 1 rings (SSSR count). The van der Waals surface area contributed by atoms with Crippen molar-refractivity contribution in [1.29, 1.82) is 0 Å². The summed E-state index contributed by atoms with van der Waals surface area (Å²) in [7, 11) is 3.37. The molecule has 0 aliphatic rings. The molecule has 0 saturated heterocycles. The number of hydrogen-bond acceptors (Lipinski definition) is 2. The number of benzene rings is 1. The molecule has 2 amide bonds. The third-order valence-corrected chi connectivity index (χ3v) is 2.68. The number of carbonyl (C=O) groups excluding carboxylic acids is 1. The second-order valence-electron chi connectivity index (χ2n) is 4.03. The number of urea groups is 1. The number of amides is 2. The van der Waals surface area contributed by atoms with Crippen LogP contribution < -0.4 is 0 Å². The lowest BCUT2D eigenvalue weighted by Crippen LogP contribution is -2.36. The van der Waals surface area contributed by atoms with Gasteiger partial charge in [-0.25, -0.2) is 4.79 Å². The zero-order valence-corrected chi connectivity index (χ0v) is 12.1. The van der Waals surface area contributed by atoms with Gasteiger partial charge >= 0.3 is 6.03 Å². The minimum atomic E-state index is -0.140. The van der Waals surface area contributed by atoms with Crippen LogP contribution in [-0.2, 0) is 6.54 Å². The van der Waals surface area contributed by atoms with Crippen molar-refractivity contribution in [3.8, 4) is 0 Å². The molecule has 0 aliphatic heterocycles. The quantitative estimate of drug-likeness (QED) is 0.615. The molecular weight excluding hydrogens is 262 g/mol. The van der Waals surface area contributed by atoms with Crippen molar-refractivity contribution in [3.05, 3.63) is 47.1 Å². The van der Waals surface area contributed by atoms with E-state index in [0.29, 0.717) is 11.6 Å². The van der Waals surface area contributed by atoms with Crippen molar-refractivity contribution in [2.75, 3.05) is 14.1 Å². The Balaban J connectivity index is 2.73. The third kappa shape index (κ3) is 4.75. The summed E-state index contributed by atoms with van der Waals surface area (Å²) in [5.74, 6) is 0. The Bertz CT molecular complexity index is 456. The maximum Gasteiger partial charge on any atom is 0.329 e.